The van der Waals surface area contributed by atoms with Crippen LogP contribution in [0.2, 0.25) is 0 Å². The van der Waals surface area contributed by atoms with Crippen molar-refractivity contribution >= 4 is 39.7 Å². The molecule has 5 nitrogen and oxygen atoms in total. The number of aryl methyl sites for hydroxylation is 2. The third kappa shape index (κ3) is 3.60. The van der Waals surface area contributed by atoms with Crippen LogP contribution >= 0.6 is 11.8 Å². The van der Waals surface area contributed by atoms with Crippen molar-refractivity contribution in [1.29, 1.82) is 0 Å². The van der Waals surface area contributed by atoms with Gasteiger partial charge in [0, 0.05) is 19.0 Å². The number of nitrogens with zero attached hydrogens (tertiary/aromatic N) is 3. The molecule has 0 fully saturated rings. The number of para-hydroxylation sites is 1. The topological polar surface area (TPSA) is 59.2 Å². The van der Waals surface area contributed by atoms with E-state index >= 15 is 0 Å². The first-order chi connectivity index (χ1) is 13.5. The Hall–Kier alpha value is -2.86. The Kier molecular flexibility index (Phi) is 5.05. The van der Waals surface area contributed by atoms with E-state index in [0.29, 0.717) is 22.9 Å². The number of rotatable bonds is 5. The predicted molar refractivity (Wildman–Crippen MR) is 112 cm³/mol. The summed E-state index contributed by atoms with van der Waals surface area (Å²) in [6.07, 6.45) is 1.52. The maximum absolute atomic E-state index is 12.6. The maximum Gasteiger partial charge on any atom is 0.233 e. The minimum atomic E-state index is 0.0489. The number of furan rings is 1. The fraction of sp³-hybridized carbons (Fsp3) is 0.227. The Labute approximate surface area is 167 Å². The molecule has 0 atom stereocenters. The summed E-state index contributed by atoms with van der Waals surface area (Å²) in [6.45, 7) is 4.74. The van der Waals surface area contributed by atoms with E-state index in [9.17, 15) is 4.79 Å². The molecule has 0 radical (unpaired) electrons. The molecule has 2 heterocycles. The van der Waals surface area contributed by atoms with Gasteiger partial charge in [-0.1, -0.05) is 47.7 Å². The van der Waals surface area contributed by atoms with E-state index in [4.69, 9.17) is 4.42 Å². The lowest BCUT2D eigenvalue weighted by molar-refractivity contribution is -0.127. The highest BCUT2D eigenvalue weighted by Crippen LogP contribution is 2.32. The van der Waals surface area contributed by atoms with Crippen molar-refractivity contribution in [1.82, 2.24) is 14.9 Å². The first kappa shape index (κ1) is 18.5. The van der Waals surface area contributed by atoms with Crippen LogP contribution in [-0.4, -0.2) is 33.6 Å². The van der Waals surface area contributed by atoms with Gasteiger partial charge in [0.05, 0.1) is 5.75 Å². The van der Waals surface area contributed by atoms with Gasteiger partial charge in [0.1, 0.15) is 22.5 Å². The SMILES string of the molecule is Cc1ccc(CN(C)C(=O)CSc2ncnc3c2oc2ccccc23)c(C)c1. The van der Waals surface area contributed by atoms with Gasteiger partial charge in [0.2, 0.25) is 5.91 Å². The third-order valence-corrected chi connectivity index (χ3v) is 5.74. The van der Waals surface area contributed by atoms with Gasteiger partial charge in [0.25, 0.3) is 0 Å². The van der Waals surface area contributed by atoms with Crippen molar-refractivity contribution in [2.45, 2.75) is 25.4 Å². The first-order valence-electron chi connectivity index (χ1n) is 9.08. The standard InChI is InChI=1S/C22H21N3O2S/c1-14-8-9-16(15(2)10-14)11-25(3)19(26)12-28-22-21-20(23-13-24-22)17-6-4-5-7-18(17)27-21/h4-10,13H,11-12H2,1-3H3. The fourth-order valence-electron chi connectivity index (χ4n) is 3.21. The van der Waals surface area contributed by atoms with Crippen LogP contribution in [0.4, 0.5) is 0 Å². The molecule has 0 N–H and O–H groups in total. The Morgan fingerprint density at radius 2 is 1.96 bits per heavy atom. The predicted octanol–water partition coefficient (Wildman–Crippen LogP) is 4.74. The maximum atomic E-state index is 12.6. The van der Waals surface area contributed by atoms with Gasteiger partial charge in [0.15, 0.2) is 5.58 Å². The van der Waals surface area contributed by atoms with E-state index in [1.807, 2.05) is 31.3 Å². The molecule has 0 saturated heterocycles. The van der Waals surface area contributed by atoms with Crippen LogP contribution in [0.25, 0.3) is 22.1 Å². The smallest absolute Gasteiger partial charge is 0.233 e. The molecule has 2 aromatic carbocycles. The summed E-state index contributed by atoms with van der Waals surface area (Å²) in [7, 11) is 1.83. The summed E-state index contributed by atoms with van der Waals surface area (Å²) < 4.78 is 5.93. The van der Waals surface area contributed by atoms with Crippen LogP contribution in [0.5, 0.6) is 0 Å². The number of fused-ring (bicyclic) bond motifs is 3. The molecule has 0 aliphatic heterocycles. The van der Waals surface area contributed by atoms with Crippen molar-refractivity contribution in [3.63, 3.8) is 0 Å². The van der Waals surface area contributed by atoms with Crippen LogP contribution < -0.4 is 0 Å². The van der Waals surface area contributed by atoms with Gasteiger partial charge >= 0.3 is 0 Å². The molecule has 0 unspecified atom stereocenters. The van der Waals surface area contributed by atoms with Gasteiger partial charge < -0.3 is 9.32 Å². The van der Waals surface area contributed by atoms with Gasteiger partial charge in [-0.2, -0.15) is 0 Å². The van der Waals surface area contributed by atoms with Crippen LogP contribution in [0.1, 0.15) is 16.7 Å². The zero-order valence-electron chi connectivity index (χ0n) is 16.1. The third-order valence-electron chi connectivity index (χ3n) is 4.79. The second-order valence-corrected chi connectivity index (χ2v) is 7.89. The lowest BCUT2D eigenvalue weighted by Crippen LogP contribution is -2.28. The number of aromatic nitrogens is 2. The van der Waals surface area contributed by atoms with Gasteiger partial charge in [-0.25, -0.2) is 9.97 Å². The molecule has 0 aliphatic rings. The van der Waals surface area contributed by atoms with E-state index in [1.54, 1.807) is 4.90 Å². The second-order valence-electron chi connectivity index (χ2n) is 6.92. The van der Waals surface area contributed by atoms with Crippen LogP contribution in [0, 0.1) is 13.8 Å². The number of amides is 1. The summed E-state index contributed by atoms with van der Waals surface area (Å²) in [6, 6.07) is 14.1. The van der Waals surface area contributed by atoms with Crippen molar-refractivity contribution < 1.29 is 9.21 Å². The van der Waals surface area contributed by atoms with Crippen LogP contribution in [-0.2, 0) is 11.3 Å². The van der Waals surface area contributed by atoms with Gasteiger partial charge in [-0.15, -0.1) is 0 Å². The molecule has 6 heteroatoms. The number of thioether (sulfide) groups is 1. The molecule has 0 aliphatic carbocycles. The largest absolute Gasteiger partial charge is 0.451 e. The normalized spacial score (nSPS) is 11.2. The summed E-state index contributed by atoms with van der Waals surface area (Å²) in [4.78, 5) is 23.1. The molecule has 0 bridgehead atoms. The Balaban J connectivity index is 1.48. The zero-order chi connectivity index (χ0) is 19.7. The van der Waals surface area contributed by atoms with Crippen LogP contribution in [0.3, 0.4) is 0 Å². The minimum Gasteiger partial charge on any atom is -0.451 e. The Bertz CT molecular complexity index is 1170. The second kappa shape index (κ2) is 7.64. The van der Waals surface area contributed by atoms with E-state index in [0.717, 1.165) is 22.0 Å². The molecule has 0 saturated carbocycles. The number of carbonyl (C=O) groups is 1. The van der Waals surface area contributed by atoms with Gasteiger partial charge in [-0.05, 0) is 37.1 Å². The number of benzene rings is 2. The van der Waals surface area contributed by atoms with E-state index in [1.165, 1.54) is 29.2 Å². The van der Waals surface area contributed by atoms with E-state index < -0.39 is 0 Å². The molecule has 28 heavy (non-hydrogen) atoms. The van der Waals surface area contributed by atoms with Crippen molar-refractivity contribution in [3.8, 4) is 0 Å². The lowest BCUT2D eigenvalue weighted by Gasteiger charge is -2.18. The molecular formula is C22H21N3O2S. The fourth-order valence-corrected chi connectivity index (χ4v) is 4.08. The minimum absolute atomic E-state index is 0.0489. The summed E-state index contributed by atoms with van der Waals surface area (Å²) >= 11 is 1.38. The highest BCUT2D eigenvalue weighted by molar-refractivity contribution is 8.00. The van der Waals surface area contributed by atoms with Crippen molar-refractivity contribution in [3.05, 3.63) is 65.5 Å². The van der Waals surface area contributed by atoms with Gasteiger partial charge in [-0.3, -0.25) is 4.79 Å². The summed E-state index contributed by atoms with van der Waals surface area (Å²) in [5.41, 5.74) is 5.78. The summed E-state index contributed by atoms with van der Waals surface area (Å²) in [5.74, 6) is 0.345. The molecule has 0 spiro atoms. The molecule has 2 aromatic heterocycles. The summed E-state index contributed by atoms with van der Waals surface area (Å²) in [5, 5.41) is 1.65. The highest BCUT2D eigenvalue weighted by atomic mass is 32.2. The quantitative estimate of drug-likeness (QED) is 0.363. The van der Waals surface area contributed by atoms with Crippen LogP contribution in [0.15, 0.2) is 58.2 Å². The Morgan fingerprint density at radius 1 is 1.14 bits per heavy atom. The zero-order valence-corrected chi connectivity index (χ0v) is 16.9. The average Bonchev–Trinajstić information content (AvgIpc) is 3.07. The average molecular weight is 391 g/mol. The number of hydrogen-bond acceptors (Lipinski definition) is 5. The molecule has 1 amide bonds. The van der Waals surface area contributed by atoms with Crippen molar-refractivity contribution in [2.75, 3.05) is 12.8 Å². The molecular weight excluding hydrogens is 370 g/mol. The van der Waals surface area contributed by atoms with E-state index in [2.05, 4.69) is 42.0 Å². The number of hydrogen-bond donors (Lipinski definition) is 0. The van der Waals surface area contributed by atoms with E-state index in [-0.39, 0.29) is 5.91 Å². The first-order valence-corrected chi connectivity index (χ1v) is 10.1. The van der Waals surface area contributed by atoms with Crippen molar-refractivity contribution in [2.24, 2.45) is 0 Å². The monoisotopic (exact) mass is 391 g/mol. The highest BCUT2D eigenvalue weighted by Gasteiger charge is 2.16. The Morgan fingerprint density at radius 3 is 2.79 bits per heavy atom. The molecule has 4 rings (SSSR count). The number of carbonyl (C=O) groups excluding carboxylic acids is 1. The lowest BCUT2D eigenvalue weighted by atomic mass is 10.1. The molecule has 142 valence electrons. The molecule has 4 aromatic rings.